The third-order valence-electron chi connectivity index (χ3n) is 5.32. The topological polar surface area (TPSA) is 112 Å². The van der Waals surface area contributed by atoms with Gasteiger partial charge in [0.15, 0.2) is 5.82 Å². The van der Waals surface area contributed by atoms with Crippen LogP contribution in [0, 0.1) is 5.92 Å². The number of hydrogen-bond acceptors (Lipinski definition) is 6. The van der Waals surface area contributed by atoms with Gasteiger partial charge in [-0.25, -0.2) is 0 Å². The fourth-order valence-electron chi connectivity index (χ4n) is 3.65. The number of fused-ring (bicyclic) bond motifs is 1. The summed E-state index contributed by atoms with van der Waals surface area (Å²) in [5, 5.41) is 17.7. The number of aromatic nitrogens is 2. The summed E-state index contributed by atoms with van der Waals surface area (Å²) < 4.78 is 12.6. The molecule has 0 radical (unpaired) electrons. The van der Waals surface area contributed by atoms with Crippen molar-refractivity contribution in [3.05, 3.63) is 35.5 Å². The molecule has 27 heavy (non-hydrogen) atoms. The second-order valence-electron chi connectivity index (χ2n) is 7.16. The number of rotatable bonds is 4. The molecule has 2 aliphatic rings. The van der Waals surface area contributed by atoms with Gasteiger partial charge in [0.05, 0.1) is 12.6 Å². The van der Waals surface area contributed by atoms with Gasteiger partial charge in [-0.3, -0.25) is 9.48 Å². The first-order valence-corrected chi connectivity index (χ1v) is 9.19. The van der Waals surface area contributed by atoms with Gasteiger partial charge >= 0.3 is 7.12 Å². The Labute approximate surface area is 157 Å². The molecule has 1 aromatic heterocycles. The summed E-state index contributed by atoms with van der Waals surface area (Å²) in [7, 11) is -0.893. The standard InChI is InChI=1S/C18H23BN4O4/c1-11-4-6-26-10-16(11)23-9-14(17(20)24)18(22-23)21-13-2-3-15-12(8-13)5-7-27-19(15)25/h2-3,8-9,11,16,25H,4-7,10H2,1H3,(H2,20,24)(H,21,22)/t11-,16-/m0/s1. The monoisotopic (exact) mass is 370 g/mol. The highest BCUT2D eigenvalue weighted by Crippen LogP contribution is 2.28. The Kier molecular flexibility index (Phi) is 4.90. The first-order valence-electron chi connectivity index (χ1n) is 9.19. The lowest BCUT2D eigenvalue weighted by molar-refractivity contribution is 0.0238. The van der Waals surface area contributed by atoms with Crippen LogP contribution in [0.2, 0.25) is 0 Å². The zero-order valence-corrected chi connectivity index (χ0v) is 15.2. The highest BCUT2D eigenvalue weighted by molar-refractivity contribution is 6.60. The Hall–Kier alpha value is -2.36. The van der Waals surface area contributed by atoms with Crippen molar-refractivity contribution in [3.8, 4) is 0 Å². The predicted octanol–water partition coefficient (Wildman–Crippen LogP) is 0.583. The molecule has 0 unspecified atom stereocenters. The van der Waals surface area contributed by atoms with Crippen LogP contribution in [0.25, 0.3) is 0 Å². The SMILES string of the molecule is C[C@H]1CCOC[C@@H]1n1cc(C(N)=O)c(Nc2ccc3c(c2)CCOB3O)n1. The third kappa shape index (κ3) is 3.58. The van der Waals surface area contributed by atoms with E-state index in [0.717, 1.165) is 36.2 Å². The number of hydrogen-bond donors (Lipinski definition) is 3. The number of benzene rings is 1. The minimum atomic E-state index is -0.893. The molecule has 4 rings (SSSR count). The number of carbonyl (C=O) groups excluding carboxylic acids is 1. The fourth-order valence-corrected chi connectivity index (χ4v) is 3.65. The molecule has 1 saturated heterocycles. The van der Waals surface area contributed by atoms with Crippen molar-refractivity contribution in [2.24, 2.45) is 11.7 Å². The highest BCUT2D eigenvalue weighted by Gasteiger charge is 2.27. The smallest absolute Gasteiger partial charge is 0.423 e. The zero-order valence-electron chi connectivity index (χ0n) is 15.2. The maximum Gasteiger partial charge on any atom is 0.491 e. The summed E-state index contributed by atoms with van der Waals surface area (Å²) in [6.45, 7) is 3.94. The molecular weight excluding hydrogens is 347 g/mol. The van der Waals surface area contributed by atoms with Crippen molar-refractivity contribution in [1.82, 2.24) is 9.78 Å². The quantitative estimate of drug-likeness (QED) is 0.679. The van der Waals surface area contributed by atoms with E-state index in [0.29, 0.717) is 30.5 Å². The normalized spacial score (nSPS) is 22.4. The van der Waals surface area contributed by atoms with Gasteiger partial charge in [-0.15, -0.1) is 0 Å². The van der Waals surface area contributed by atoms with Crippen LogP contribution in [0.5, 0.6) is 0 Å². The van der Waals surface area contributed by atoms with Gasteiger partial charge in [0.2, 0.25) is 0 Å². The zero-order chi connectivity index (χ0) is 19.0. The molecule has 1 fully saturated rings. The second kappa shape index (κ2) is 7.34. The van der Waals surface area contributed by atoms with Gasteiger partial charge < -0.3 is 25.5 Å². The Morgan fingerprint density at radius 2 is 2.30 bits per heavy atom. The Morgan fingerprint density at radius 3 is 3.07 bits per heavy atom. The molecular formula is C18H23BN4O4. The minimum absolute atomic E-state index is 0.0724. The molecule has 0 saturated carbocycles. The summed E-state index contributed by atoms with van der Waals surface area (Å²) >= 11 is 0. The summed E-state index contributed by atoms with van der Waals surface area (Å²) in [5.74, 6) is 0.292. The largest absolute Gasteiger partial charge is 0.491 e. The summed E-state index contributed by atoms with van der Waals surface area (Å²) in [5.41, 5.74) is 8.46. The van der Waals surface area contributed by atoms with Crippen LogP contribution in [-0.4, -0.2) is 47.7 Å². The summed E-state index contributed by atoms with van der Waals surface area (Å²) in [6.07, 6.45) is 3.36. The number of nitrogens with two attached hydrogens (primary N) is 1. The van der Waals surface area contributed by atoms with E-state index in [-0.39, 0.29) is 6.04 Å². The van der Waals surface area contributed by atoms with Crippen molar-refractivity contribution in [1.29, 1.82) is 0 Å². The second-order valence-corrected chi connectivity index (χ2v) is 7.16. The first kappa shape index (κ1) is 18.0. The van der Waals surface area contributed by atoms with E-state index in [9.17, 15) is 9.82 Å². The molecule has 9 heteroatoms. The molecule has 1 amide bonds. The van der Waals surface area contributed by atoms with Crippen molar-refractivity contribution < 1.29 is 19.2 Å². The Bertz CT molecular complexity index is 856. The van der Waals surface area contributed by atoms with Crippen LogP contribution in [0.15, 0.2) is 24.4 Å². The van der Waals surface area contributed by atoms with Crippen LogP contribution in [0.4, 0.5) is 11.5 Å². The van der Waals surface area contributed by atoms with E-state index >= 15 is 0 Å². The molecule has 0 bridgehead atoms. The van der Waals surface area contributed by atoms with Crippen LogP contribution < -0.4 is 16.5 Å². The van der Waals surface area contributed by atoms with Crippen LogP contribution in [0.1, 0.15) is 35.3 Å². The minimum Gasteiger partial charge on any atom is -0.423 e. The van der Waals surface area contributed by atoms with E-state index in [4.69, 9.17) is 15.1 Å². The lowest BCUT2D eigenvalue weighted by atomic mass is 9.73. The Morgan fingerprint density at radius 1 is 1.44 bits per heavy atom. The van der Waals surface area contributed by atoms with E-state index < -0.39 is 13.0 Å². The first-order chi connectivity index (χ1) is 13.0. The number of nitrogens with one attached hydrogen (secondary N) is 1. The van der Waals surface area contributed by atoms with E-state index in [1.807, 2.05) is 18.2 Å². The fraction of sp³-hybridized carbons (Fsp3) is 0.444. The third-order valence-corrected chi connectivity index (χ3v) is 5.32. The van der Waals surface area contributed by atoms with Gasteiger partial charge in [0, 0.05) is 25.1 Å². The van der Waals surface area contributed by atoms with Crippen molar-refractivity contribution in [3.63, 3.8) is 0 Å². The number of carbonyl (C=O) groups is 1. The average Bonchev–Trinajstić information content (AvgIpc) is 3.06. The molecule has 142 valence electrons. The number of anilines is 2. The molecule has 2 aliphatic heterocycles. The molecule has 0 aliphatic carbocycles. The molecule has 8 nitrogen and oxygen atoms in total. The van der Waals surface area contributed by atoms with E-state index in [1.165, 1.54) is 0 Å². The number of amides is 1. The molecule has 3 heterocycles. The van der Waals surface area contributed by atoms with Gasteiger partial charge in [-0.05, 0) is 41.9 Å². The van der Waals surface area contributed by atoms with Crippen molar-refractivity contribution in [2.75, 3.05) is 25.1 Å². The molecule has 0 spiro atoms. The van der Waals surface area contributed by atoms with Gasteiger partial charge in [0.1, 0.15) is 5.56 Å². The molecule has 2 atom stereocenters. The van der Waals surface area contributed by atoms with Crippen LogP contribution in [-0.2, 0) is 15.8 Å². The number of primary amides is 1. The molecule has 2 aromatic rings. The highest BCUT2D eigenvalue weighted by atomic mass is 16.5. The van der Waals surface area contributed by atoms with Crippen molar-refractivity contribution >= 4 is 30.0 Å². The van der Waals surface area contributed by atoms with Crippen molar-refractivity contribution in [2.45, 2.75) is 25.8 Å². The lowest BCUT2D eigenvalue weighted by Crippen LogP contribution is -2.41. The number of nitrogens with zero attached hydrogens (tertiary/aromatic N) is 2. The van der Waals surface area contributed by atoms with Gasteiger partial charge in [-0.2, -0.15) is 5.10 Å². The summed E-state index contributed by atoms with van der Waals surface area (Å²) in [4.78, 5) is 11.9. The molecule has 1 aromatic carbocycles. The lowest BCUT2D eigenvalue weighted by Gasteiger charge is -2.28. The maximum absolute atomic E-state index is 11.9. The number of ether oxygens (including phenoxy) is 1. The van der Waals surface area contributed by atoms with Crippen LogP contribution >= 0.6 is 0 Å². The van der Waals surface area contributed by atoms with E-state index in [1.54, 1.807) is 10.9 Å². The van der Waals surface area contributed by atoms with E-state index in [2.05, 4.69) is 17.3 Å². The maximum atomic E-state index is 11.9. The average molecular weight is 370 g/mol. The molecule has 4 N–H and O–H groups in total. The van der Waals surface area contributed by atoms with Gasteiger partial charge in [0.25, 0.3) is 5.91 Å². The Balaban J connectivity index is 1.62. The predicted molar refractivity (Wildman–Crippen MR) is 101 cm³/mol. The summed E-state index contributed by atoms with van der Waals surface area (Å²) in [6, 6.07) is 5.66. The van der Waals surface area contributed by atoms with Crippen LogP contribution in [0.3, 0.4) is 0 Å². The van der Waals surface area contributed by atoms with Gasteiger partial charge in [-0.1, -0.05) is 13.0 Å².